The van der Waals surface area contributed by atoms with E-state index in [2.05, 4.69) is 15.3 Å². The molecule has 0 aromatic carbocycles. The van der Waals surface area contributed by atoms with Gasteiger partial charge < -0.3 is 10.2 Å². The molecule has 6 heteroatoms. The summed E-state index contributed by atoms with van der Waals surface area (Å²) in [5, 5.41) is 7.46. The first-order chi connectivity index (χ1) is 9.33. The molecule has 0 bridgehead atoms. The molecule has 1 atom stereocenters. The van der Waals surface area contributed by atoms with Gasteiger partial charge in [0.1, 0.15) is 6.54 Å². The summed E-state index contributed by atoms with van der Waals surface area (Å²) in [6.45, 7) is 6.46. The predicted molar refractivity (Wildman–Crippen MR) is 71.7 cm³/mol. The predicted octanol–water partition coefficient (Wildman–Crippen LogP) is -0.611. The van der Waals surface area contributed by atoms with Crippen molar-refractivity contribution in [2.75, 3.05) is 39.3 Å². The third-order valence-corrected chi connectivity index (χ3v) is 4.04. The number of hydrogen-bond acceptors (Lipinski definition) is 4. The summed E-state index contributed by atoms with van der Waals surface area (Å²) in [6, 6.07) is 2.39. The lowest BCUT2D eigenvalue weighted by molar-refractivity contribution is -0.131. The highest BCUT2D eigenvalue weighted by atomic mass is 16.2. The number of hydrogen-bond donors (Lipinski definition) is 1. The number of amides is 1. The fourth-order valence-electron chi connectivity index (χ4n) is 2.95. The highest BCUT2D eigenvalue weighted by Gasteiger charge is 2.30. The van der Waals surface area contributed by atoms with Gasteiger partial charge in [0.25, 0.3) is 0 Å². The number of carbonyl (C=O) groups is 1. The lowest BCUT2D eigenvalue weighted by atomic mass is 10.2. The van der Waals surface area contributed by atoms with E-state index in [9.17, 15) is 4.79 Å². The van der Waals surface area contributed by atoms with Crippen molar-refractivity contribution in [2.45, 2.75) is 19.0 Å². The van der Waals surface area contributed by atoms with Crippen LogP contribution in [0.3, 0.4) is 0 Å². The molecule has 0 radical (unpaired) electrons. The monoisotopic (exact) mass is 263 g/mol. The highest BCUT2D eigenvalue weighted by molar-refractivity contribution is 5.76. The van der Waals surface area contributed by atoms with Gasteiger partial charge in [-0.3, -0.25) is 14.4 Å². The van der Waals surface area contributed by atoms with Gasteiger partial charge in [-0.15, -0.1) is 0 Å². The molecule has 0 saturated carbocycles. The van der Waals surface area contributed by atoms with Crippen LogP contribution in [0, 0.1) is 0 Å². The van der Waals surface area contributed by atoms with Crippen LogP contribution in [0.5, 0.6) is 0 Å². The Balaban J connectivity index is 1.52. The van der Waals surface area contributed by atoms with Crippen molar-refractivity contribution >= 4 is 5.91 Å². The maximum atomic E-state index is 12.2. The van der Waals surface area contributed by atoms with Crippen LogP contribution in [0.1, 0.15) is 6.42 Å². The minimum absolute atomic E-state index is 0.182. The molecule has 1 aromatic heterocycles. The Morgan fingerprint density at radius 2 is 2.16 bits per heavy atom. The molecule has 3 rings (SSSR count). The summed E-state index contributed by atoms with van der Waals surface area (Å²) in [4.78, 5) is 16.7. The van der Waals surface area contributed by atoms with E-state index in [-0.39, 0.29) is 5.91 Å². The molecule has 1 N–H and O–H groups in total. The SMILES string of the molecule is O=C(Cn1cccn1)N1CCC(N2CCNCC2)C1. The Bertz CT molecular complexity index is 413. The Morgan fingerprint density at radius 1 is 1.32 bits per heavy atom. The molecule has 3 heterocycles. The normalized spacial score (nSPS) is 24.8. The molecule has 2 aliphatic rings. The first kappa shape index (κ1) is 12.6. The standard InChI is InChI=1S/C13H21N5O/c19-13(11-18-6-1-3-15-18)17-7-2-12(10-17)16-8-4-14-5-9-16/h1,3,6,12,14H,2,4-5,7-11H2. The zero-order chi connectivity index (χ0) is 13.1. The summed E-state index contributed by atoms with van der Waals surface area (Å²) in [6.07, 6.45) is 4.65. The van der Waals surface area contributed by atoms with Crippen molar-refractivity contribution < 1.29 is 4.79 Å². The fraction of sp³-hybridized carbons (Fsp3) is 0.692. The van der Waals surface area contributed by atoms with E-state index < -0.39 is 0 Å². The third-order valence-electron chi connectivity index (χ3n) is 4.04. The van der Waals surface area contributed by atoms with E-state index in [4.69, 9.17) is 0 Å². The molecule has 1 amide bonds. The number of rotatable bonds is 3. The first-order valence-corrected chi connectivity index (χ1v) is 7.03. The van der Waals surface area contributed by atoms with Gasteiger partial charge in [-0.2, -0.15) is 5.10 Å². The molecule has 0 spiro atoms. The third kappa shape index (κ3) is 2.96. The van der Waals surface area contributed by atoms with E-state index in [0.717, 1.165) is 45.7 Å². The van der Waals surface area contributed by atoms with Gasteiger partial charge in [-0.25, -0.2) is 0 Å². The molecular weight excluding hydrogens is 242 g/mol. The van der Waals surface area contributed by atoms with E-state index in [0.29, 0.717) is 12.6 Å². The second-order valence-electron chi connectivity index (χ2n) is 5.27. The summed E-state index contributed by atoms with van der Waals surface area (Å²) < 4.78 is 1.69. The average molecular weight is 263 g/mol. The summed E-state index contributed by atoms with van der Waals surface area (Å²) in [5.41, 5.74) is 0. The summed E-state index contributed by atoms with van der Waals surface area (Å²) >= 11 is 0. The lowest BCUT2D eigenvalue weighted by Crippen LogP contribution is -2.49. The van der Waals surface area contributed by atoms with Crippen LogP contribution < -0.4 is 5.32 Å². The summed E-state index contributed by atoms with van der Waals surface area (Å²) in [7, 11) is 0. The minimum Gasteiger partial charge on any atom is -0.339 e. The van der Waals surface area contributed by atoms with Gasteiger partial charge >= 0.3 is 0 Å². The van der Waals surface area contributed by atoms with Crippen LogP contribution in [-0.2, 0) is 11.3 Å². The van der Waals surface area contributed by atoms with Gasteiger partial charge in [0.15, 0.2) is 0 Å². The molecule has 2 saturated heterocycles. The van der Waals surface area contributed by atoms with Gasteiger partial charge in [-0.1, -0.05) is 0 Å². The molecular formula is C13H21N5O. The minimum atomic E-state index is 0.182. The molecule has 2 aliphatic heterocycles. The number of piperazine rings is 1. The van der Waals surface area contributed by atoms with E-state index in [1.54, 1.807) is 10.9 Å². The van der Waals surface area contributed by atoms with Crippen LogP contribution in [0.2, 0.25) is 0 Å². The number of likely N-dealkylation sites (tertiary alicyclic amines) is 1. The lowest BCUT2D eigenvalue weighted by Gasteiger charge is -2.32. The maximum Gasteiger partial charge on any atom is 0.244 e. The molecule has 1 unspecified atom stereocenters. The smallest absolute Gasteiger partial charge is 0.244 e. The maximum absolute atomic E-state index is 12.2. The number of nitrogens with one attached hydrogen (secondary N) is 1. The van der Waals surface area contributed by atoms with Crippen LogP contribution in [0.4, 0.5) is 0 Å². The zero-order valence-corrected chi connectivity index (χ0v) is 11.2. The van der Waals surface area contributed by atoms with E-state index in [1.807, 2.05) is 17.2 Å². The quantitative estimate of drug-likeness (QED) is 0.790. The summed E-state index contributed by atoms with van der Waals surface area (Å²) in [5.74, 6) is 0.182. The van der Waals surface area contributed by atoms with Crippen LogP contribution in [0.25, 0.3) is 0 Å². The number of carbonyl (C=O) groups excluding carboxylic acids is 1. The topological polar surface area (TPSA) is 53.4 Å². The second kappa shape index (κ2) is 5.71. The van der Waals surface area contributed by atoms with Crippen molar-refractivity contribution in [3.8, 4) is 0 Å². The molecule has 104 valence electrons. The fourth-order valence-corrected chi connectivity index (χ4v) is 2.95. The Morgan fingerprint density at radius 3 is 2.89 bits per heavy atom. The highest BCUT2D eigenvalue weighted by Crippen LogP contribution is 2.16. The van der Waals surface area contributed by atoms with Crippen LogP contribution >= 0.6 is 0 Å². The van der Waals surface area contributed by atoms with E-state index in [1.165, 1.54) is 0 Å². The molecule has 1 aromatic rings. The van der Waals surface area contributed by atoms with Gasteiger partial charge in [-0.05, 0) is 12.5 Å². The van der Waals surface area contributed by atoms with Crippen LogP contribution in [0.15, 0.2) is 18.5 Å². The van der Waals surface area contributed by atoms with Crippen LogP contribution in [-0.4, -0.2) is 70.8 Å². The molecule has 6 nitrogen and oxygen atoms in total. The molecule has 19 heavy (non-hydrogen) atoms. The van der Waals surface area contributed by atoms with Crippen molar-refractivity contribution in [1.29, 1.82) is 0 Å². The van der Waals surface area contributed by atoms with Crippen molar-refractivity contribution in [3.05, 3.63) is 18.5 Å². The second-order valence-corrected chi connectivity index (χ2v) is 5.27. The van der Waals surface area contributed by atoms with Gasteiger partial charge in [0, 0.05) is 57.7 Å². The molecule has 0 aliphatic carbocycles. The number of nitrogens with zero attached hydrogens (tertiary/aromatic N) is 4. The Labute approximate surface area is 113 Å². The van der Waals surface area contributed by atoms with Gasteiger partial charge in [0.2, 0.25) is 5.91 Å². The van der Waals surface area contributed by atoms with Gasteiger partial charge in [0.05, 0.1) is 0 Å². The first-order valence-electron chi connectivity index (χ1n) is 7.03. The Hall–Kier alpha value is -1.40. The zero-order valence-electron chi connectivity index (χ0n) is 11.2. The number of aromatic nitrogens is 2. The van der Waals surface area contributed by atoms with Crippen molar-refractivity contribution in [1.82, 2.24) is 24.9 Å². The molecule has 2 fully saturated rings. The average Bonchev–Trinajstić information content (AvgIpc) is 3.10. The van der Waals surface area contributed by atoms with Crippen molar-refractivity contribution in [2.24, 2.45) is 0 Å². The largest absolute Gasteiger partial charge is 0.339 e. The van der Waals surface area contributed by atoms with E-state index >= 15 is 0 Å². The Kier molecular flexibility index (Phi) is 3.79. The van der Waals surface area contributed by atoms with Crippen molar-refractivity contribution in [3.63, 3.8) is 0 Å².